The SMILES string of the molecule is O=C(O)c1ccc(CN(Cc2ccccc2)C2NC(c3ccc(OCc4ccc(C5CCCCC5)cc4)cc3)=CS2)cc1. The standard InChI is InChI=1S/C37H38N2O3S/c40-36(41)33-17-11-28(12-18-33)24-39(23-27-7-3-1-4-8-27)37-38-35(26-43-37)32-19-21-34(22-20-32)42-25-29-13-15-31(16-14-29)30-9-5-2-6-10-30/h1,3-4,7-8,11-22,26,30,37-38H,2,5-6,9-10,23-25H2,(H,40,41). The van der Waals surface area contributed by atoms with Gasteiger partial charge in [0.2, 0.25) is 0 Å². The number of hydrogen-bond acceptors (Lipinski definition) is 5. The molecule has 1 fully saturated rings. The van der Waals surface area contributed by atoms with E-state index in [1.807, 2.05) is 30.3 Å². The van der Waals surface area contributed by atoms with E-state index in [1.54, 1.807) is 23.9 Å². The number of carbonyl (C=O) groups is 1. The van der Waals surface area contributed by atoms with Gasteiger partial charge in [-0.15, -0.1) is 0 Å². The van der Waals surface area contributed by atoms with E-state index in [0.29, 0.717) is 18.7 Å². The number of carboxylic acids is 1. The van der Waals surface area contributed by atoms with Gasteiger partial charge in [0.1, 0.15) is 17.9 Å². The quantitative estimate of drug-likeness (QED) is 0.182. The highest BCUT2D eigenvalue weighted by Crippen LogP contribution is 2.34. The van der Waals surface area contributed by atoms with Crippen molar-refractivity contribution in [3.05, 3.63) is 142 Å². The Bertz CT molecular complexity index is 1510. The number of nitrogens with zero attached hydrogens (tertiary/aromatic N) is 1. The second kappa shape index (κ2) is 14.0. The second-order valence-electron chi connectivity index (χ2n) is 11.4. The van der Waals surface area contributed by atoms with Crippen LogP contribution in [0.2, 0.25) is 0 Å². The monoisotopic (exact) mass is 590 g/mol. The molecule has 0 amide bonds. The van der Waals surface area contributed by atoms with Crippen LogP contribution in [-0.4, -0.2) is 21.5 Å². The molecule has 4 aromatic rings. The van der Waals surface area contributed by atoms with E-state index in [-0.39, 0.29) is 5.50 Å². The van der Waals surface area contributed by atoms with E-state index in [1.165, 1.54) is 48.8 Å². The summed E-state index contributed by atoms with van der Waals surface area (Å²) in [6.07, 6.45) is 6.73. The summed E-state index contributed by atoms with van der Waals surface area (Å²) < 4.78 is 6.12. The molecule has 2 N–H and O–H groups in total. The molecule has 1 unspecified atom stereocenters. The zero-order chi connectivity index (χ0) is 29.4. The fourth-order valence-corrected chi connectivity index (χ4v) is 6.89. The molecule has 0 aromatic heterocycles. The van der Waals surface area contributed by atoms with Crippen molar-refractivity contribution in [3.63, 3.8) is 0 Å². The molecule has 6 heteroatoms. The summed E-state index contributed by atoms with van der Waals surface area (Å²) in [5, 5.41) is 15.2. The molecule has 0 radical (unpaired) electrons. The molecular weight excluding hydrogens is 552 g/mol. The first-order valence-corrected chi connectivity index (χ1v) is 16.1. The average molecular weight is 591 g/mol. The van der Waals surface area contributed by atoms with Crippen LogP contribution in [0.5, 0.6) is 5.75 Å². The summed E-state index contributed by atoms with van der Waals surface area (Å²) in [6, 6.07) is 34.9. The van der Waals surface area contributed by atoms with Gasteiger partial charge < -0.3 is 15.2 Å². The molecule has 0 saturated heterocycles. The van der Waals surface area contributed by atoms with Gasteiger partial charge >= 0.3 is 5.97 Å². The minimum atomic E-state index is -0.908. The van der Waals surface area contributed by atoms with Crippen LogP contribution in [0.4, 0.5) is 0 Å². The third-order valence-corrected chi connectivity index (χ3v) is 9.41. The van der Waals surface area contributed by atoms with E-state index in [2.05, 4.69) is 76.3 Å². The fourth-order valence-electron chi connectivity index (χ4n) is 5.91. The van der Waals surface area contributed by atoms with Crippen LogP contribution in [0.3, 0.4) is 0 Å². The summed E-state index contributed by atoms with van der Waals surface area (Å²) in [5.41, 5.74) is 7.51. The Morgan fingerprint density at radius 1 is 0.791 bits per heavy atom. The number of nitrogens with one attached hydrogen (secondary N) is 1. The number of hydrogen-bond donors (Lipinski definition) is 2. The summed E-state index contributed by atoms with van der Waals surface area (Å²) in [5.74, 6) is 0.677. The lowest BCUT2D eigenvalue weighted by atomic mass is 9.84. The van der Waals surface area contributed by atoms with Crippen LogP contribution >= 0.6 is 11.8 Å². The molecule has 43 heavy (non-hydrogen) atoms. The predicted molar refractivity (Wildman–Crippen MR) is 175 cm³/mol. The molecular formula is C37H38N2O3S. The highest BCUT2D eigenvalue weighted by molar-refractivity contribution is 8.03. The fraction of sp³-hybridized carbons (Fsp3) is 0.270. The van der Waals surface area contributed by atoms with Crippen LogP contribution < -0.4 is 10.1 Å². The predicted octanol–water partition coefficient (Wildman–Crippen LogP) is 8.63. The molecule has 220 valence electrons. The Morgan fingerprint density at radius 2 is 1.44 bits per heavy atom. The molecule has 4 aromatic carbocycles. The zero-order valence-electron chi connectivity index (χ0n) is 24.3. The van der Waals surface area contributed by atoms with Crippen LogP contribution in [0.15, 0.2) is 109 Å². The highest BCUT2D eigenvalue weighted by atomic mass is 32.2. The van der Waals surface area contributed by atoms with E-state index in [9.17, 15) is 9.90 Å². The number of aromatic carboxylic acids is 1. The van der Waals surface area contributed by atoms with Crippen molar-refractivity contribution in [2.45, 2.75) is 63.2 Å². The molecule has 1 heterocycles. The van der Waals surface area contributed by atoms with Crippen molar-refractivity contribution in [2.24, 2.45) is 0 Å². The van der Waals surface area contributed by atoms with Crippen LogP contribution in [0, 0.1) is 0 Å². The minimum Gasteiger partial charge on any atom is -0.489 e. The molecule has 0 bridgehead atoms. The minimum absolute atomic E-state index is 0.0434. The lowest BCUT2D eigenvalue weighted by Crippen LogP contribution is -2.39. The summed E-state index contributed by atoms with van der Waals surface area (Å²) >= 11 is 1.75. The van der Waals surface area contributed by atoms with Crippen molar-refractivity contribution in [1.29, 1.82) is 0 Å². The normalized spacial score (nSPS) is 17.0. The molecule has 1 aliphatic carbocycles. The number of benzene rings is 4. The lowest BCUT2D eigenvalue weighted by molar-refractivity contribution is 0.0697. The largest absolute Gasteiger partial charge is 0.489 e. The molecule has 1 atom stereocenters. The number of carboxylic acid groups (broad SMARTS) is 1. The highest BCUT2D eigenvalue weighted by Gasteiger charge is 2.25. The number of ether oxygens (including phenoxy) is 1. The van der Waals surface area contributed by atoms with Gasteiger partial charge in [-0.1, -0.05) is 97.8 Å². The lowest BCUT2D eigenvalue weighted by Gasteiger charge is -2.29. The molecule has 1 aliphatic heterocycles. The summed E-state index contributed by atoms with van der Waals surface area (Å²) in [7, 11) is 0. The van der Waals surface area contributed by atoms with E-state index < -0.39 is 5.97 Å². The molecule has 5 nitrogen and oxygen atoms in total. The topological polar surface area (TPSA) is 61.8 Å². The smallest absolute Gasteiger partial charge is 0.335 e. The first-order valence-electron chi connectivity index (χ1n) is 15.2. The molecule has 1 saturated carbocycles. The van der Waals surface area contributed by atoms with E-state index >= 15 is 0 Å². The number of rotatable bonds is 11. The van der Waals surface area contributed by atoms with Crippen molar-refractivity contribution in [1.82, 2.24) is 10.2 Å². The third kappa shape index (κ3) is 7.70. The Balaban J connectivity index is 1.06. The Morgan fingerprint density at radius 3 is 2.12 bits per heavy atom. The second-order valence-corrected chi connectivity index (χ2v) is 12.4. The van der Waals surface area contributed by atoms with Gasteiger partial charge in [-0.3, -0.25) is 4.90 Å². The zero-order valence-corrected chi connectivity index (χ0v) is 25.1. The van der Waals surface area contributed by atoms with Gasteiger partial charge in [-0.2, -0.15) is 0 Å². The average Bonchev–Trinajstić information content (AvgIpc) is 3.56. The first-order chi connectivity index (χ1) is 21.1. The Kier molecular flexibility index (Phi) is 9.46. The molecule has 0 spiro atoms. The van der Waals surface area contributed by atoms with Crippen molar-refractivity contribution in [3.8, 4) is 5.75 Å². The Hall–Kier alpha value is -4.00. The number of thioether (sulfide) groups is 1. The maximum Gasteiger partial charge on any atom is 0.335 e. The summed E-state index contributed by atoms with van der Waals surface area (Å²) in [6.45, 7) is 2.02. The maximum absolute atomic E-state index is 11.3. The molecule has 2 aliphatic rings. The van der Waals surface area contributed by atoms with Crippen LogP contribution in [0.1, 0.15) is 76.2 Å². The molecule has 6 rings (SSSR count). The summed E-state index contributed by atoms with van der Waals surface area (Å²) in [4.78, 5) is 13.7. The van der Waals surface area contributed by atoms with Gasteiger partial charge in [0.25, 0.3) is 0 Å². The van der Waals surface area contributed by atoms with E-state index in [0.717, 1.165) is 35.0 Å². The van der Waals surface area contributed by atoms with Gasteiger partial charge in [0.15, 0.2) is 0 Å². The Labute approximate surface area is 258 Å². The third-order valence-electron chi connectivity index (χ3n) is 8.37. The van der Waals surface area contributed by atoms with Gasteiger partial charge in [0.05, 0.1) is 5.56 Å². The van der Waals surface area contributed by atoms with Gasteiger partial charge in [-0.25, -0.2) is 4.79 Å². The van der Waals surface area contributed by atoms with Gasteiger partial charge in [0, 0.05) is 18.8 Å². The van der Waals surface area contributed by atoms with E-state index in [4.69, 9.17) is 4.74 Å². The van der Waals surface area contributed by atoms with Crippen molar-refractivity contribution < 1.29 is 14.6 Å². The van der Waals surface area contributed by atoms with Crippen LogP contribution in [0.25, 0.3) is 5.70 Å². The van der Waals surface area contributed by atoms with Crippen molar-refractivity contribution in [2.75, 3.05) is 0 Å². The van der Waals surface area contributed by atoms with Crippen LogP contribution in [-0.2, 0) is 19.7 Å². The van der Waals surface area contributed by atoms with Gasteiger partial charge in [-0.05, 0) is 88.4 Å². The maximum atomic E-state index is 11.3. The van der Waals surface area contributed by atoms with Crippen molar-refractivity contribution >= 4 is 23.4 Å². The first kappa shape index (κ1) is 29.1.